The molecule has 2 aliphatic rings. The summed E-state index contributed by atoms with van der Waals surface area (Å²) in [4.78, 5) is 27.7. The quantitative estimate of drug-likeness (QED) is 0.512. The van der Waals surface area contributed by atoms with Crippen LogP contribution in [-0.2, 0) is 17.8 Å². The van der Waals surface area contributed by atoms with Crippen molar-refractivity contribution in [3.63, 3.8) is 0 Å². The summed E-state index contributed by atoms with van der Waals surface area (Å²) < 4.78 is 13.5. The van der Waals surface area contributed by atoms with Crippen LogP contribution >= 0.6 is 22.9 Å². The van der Waals surface area contributed by atoms with Crippen molar-refractivity contribution in [3.05, 3.63) is 58.0 Å². The van der Waals surface area contributed by atoms with E-state index < -0.39 is 5.82 Å². The fraction of sp³-hybridized carbons (Fsp3) is 0.375. The Morgan fingerprint density at radius 2 is 2.12 bits per heavy atom. The Kier molecular flexibility index (Phi) is 6.78. The highest BCUT2D eigenvalue weighted by molar-refractivity contribution is 7.19. The average molecular weight is 502 g/mol. The summed E-state index contributed by atoms with van der Waals surface area (Å²) in [6.07, 6.45) is 7.18. The molecule has 0 bridgehead atoms. The molecule has 0 spiro atoms. The third-order valence-electron chi connectivity index (χ3n) is 6.31. The molecule has 4 heterocycles. The van der Waals surface area contributed by atoms with Crippen LogP contribution in [0.3, 0.4) is 0 Å². The van der Waals surface area contributed by atoms with Gasteiger partial charge in [0.05, 0.1) is 23.1 Å². The number of nitrogens with one attached hydrogen (secondary N) is 1. The number of piperidine rings is 1. The Balaban J connectivity index is 1.29. The molecule has 0 atom stereocenters. The van der Waals surface area contributed by atoms with Crippen LogP contribution in [0.5, 0.6) is 0 Å². The first-order chi connectivity index (χ1) is 16.5. The maximum atomic E-state index is 13.5. The number of anilines is 2. The number of halogens is 2. The largest absolute Gasteiger partial charge is 0.393 e. The van der Waals surface area contributed by atoms with Gasteiger partial charge in [-0.3, -0.25) is 9.69 Å². The lowest BCUT2D eigenvalue weighted by Gasteiger charge is -2.28. The van der Waals surface area contributed by atoms with Gasteiger partial charge >= 0.3 is 0 Å². The van der Waals surface area contributed by atoms with E-state index in [0.29, 0.717) is 31.0 Å². The number of rotatable bonds is 5. The highest BCUT2D eigenvalue weighted by Gasteiger charge is 2.25. The Hall–Kier alpha value is -2.59. The molecule has 1 aromatic carbocycles. The molecule has 0 unspecified atom stereocenters. The van der Waals surface area contributed by atoms with Gasteiger partial charge in [0.1, 0.15) is 22.8 Å². The smallest absolute Gasteiger partial charge is 0.246 e. The molecule has 1 saturated heterocycles. The number of thiophene rings is 1. The number of aliphatic hydroxyl groups excluding tert-OH is 1. The first-order valence-corrected chi connectivity index (χ1v) is 12.5. The van der Waals surface area contributed by atoms with Crippen molar-refractivity contribution in [3.8, 4) is 0 Å². The minimum absolute atomic E-state index is 0.00513. The standard InChI is InChI=1S/C24H25ClFN5O2S/c25-18-12-15(3-4-19(18)26)29-23-22-17-7-11-31(13-20(17)34-24(22)28-14-27-23)21(33)2-1-8-30-9-5-16(32)6-10-30/h1-4,12,14,16,32H,5-11,13H2,(H,27,28,29)/b2-1+. The molecule has 1 amide bonds. The fourth-order valence-corrected chi connectivity index (χ4v) is 5.81. The van der Waals surface area contributed by atoms with Crippen LogP contribution in [0, 0.1) is 5.82 Å². The highest BCUT2D eigenvalue weighted by Crippen LogP contribution is 2.38. The molecule has 0 aliphatic carbocycles. The Morgan fingerprint density at radius 3 is 2.91 bits per heavy atom. The first kappa shape index (κ1) is 23.2. The monoisotopic (exact) mass is 501 g/mol. The summed E-state index contributed by atoms with van der Waals surface area (Å²) in [6.45, 7) is 3.59. The summed E-state index contributed by atoms with van der Waals surface area (Å²) in [6, 6.07) is 4.47. The van der Waals surface area contributed by atoms with Crippen LogP contribution in [0.4, 0.5) is 15.9 Å². The number of amides is 1. The van der Waals surface area contributed by atoms with E-state index in [1.807, 2.05) is 11.0 Å². The molecule has 7 nitrogen and oxygen atoms in total. The van der Waals surface area contributed by atoms with Gasteiger partial charge in [-0.05, 0) is 43.0 Å². The zero-order valence-electron chi connectivity index (χ0n) is 18.5. The number of nitrogens with zero attached hydrogens (tertiary/aromatic N) is 4. The lowest BCUT2D eigenvalue weighted by Crippen LogP contribution is -2.36. The topological polar surface area (TPSA) is 81.6 Å². The second kappa shape index (κ2) is 9.95. The van der Waals surface area contributed by atoms with Gasteiger partial charge in [-0.15, -0.1) is 11.3 Å². The molecule has 0 radical (unpaired) electrons. The van der Waals surface area contributed by atoms with Crippen LogP contribution < -0.4 is 5.32 Å². The molecule has 2 aromatic heterocycles. The van der Waals surface area contributed by atoms with Crippen molar-refractivity contribution in [2.75, 3.05) is 31.5 Å². The van der Waals surface area contributed by atoms with Crippen LogP contribution in [0.2, 0.25) is 5.02 Å². The number of fused-ring (bicyclic) bond motifs is 3. The van der Waals surface area contributed by atoms with Crippen molar-refractivity contribution >= 4 is 50.6 Å². The molecule has 0 saturated carbocycles. The van der Waals surface area contributed by atoms with E-state index in [9.17, 15) is 14.3 Å². The zero-order chi connectivity index (χ0) is 23.7. The Labute approximate surface area is 205 Å². The molecule has 178 valence electrons. The van der Waals surface area contributed by atoms with Crippen LogP contribution in [0.25, 0.3) is 10.2 Å². The first-order valence-electron chi connectivity index (χ1n) is 11.3. The van der Waals surface area contributed by atoms with Crippen molar-refractivity contribution in [1.29, 1.82) is 0 Å². The minimum Gasteiger partial charge on any atom is -0.393 e. The predicted molar refractivity (Wildman–Crippen MR) is 132 cm³/mol. The molecular formula is C24H25ClFN5O2S. The third-order valence-corrected chi connectivity index (χ3v) is 7.73. The average Bonchev–Trinajstić information content (AvgIpc) is 3.21. The fourth-order valence-electron chi connectivity index (χ4n) is 4.43. The number of hydrogen-bond donors (Lipinski definition) is 2. The van der Waals surface area contributed by atoms with Gasteiger partial charge in [0.25, 0.3) is 0 Å². The SMILES string of the molecule is O=C(/C=C/CN1CCC(O)CC1)N1CCc2c(sc3ncnc(Nc4ccc(F)c(Cl)c4)c23)C1. The molecule has 1 fully saturated rings. The normalized spacial score (nSPS) is 17.4. The predicted octanol–water partition coefficient (Wildman–Crippen LogP) is 4.13. The third kappa shape index (κ3) is 4.93. The highest BCUT2D eigenvalue weighted by atomic mass is 35.5. The number of carbonyl (C=O) groups excluding carboxylic acids is 1. The van der Waals surface area contributed by atoms with E-state index in [4.69, 9.17) is 11.6 Å². The zero-order valence-corrected chi connectivity index (χ0v) is 20.1. The summed E-state index contributed by atoms with van der Waals surface area (Å²) in [7, 11) is 0. The second-order valence-corrected chi connectivity index (χ2v) is 10.1. The summed E-state index contributed by atoms with van der Waals surface area (Å²) >= 11 is 7.49. The van der Waals surface area contributed by atoms with Crippen molar-refractivity contribution in [2.24, 2.45) is 0 Å². The molecular weight excluding hydrogens is 477 g/mol. The van der Waals surface area contributed by atoms with Crippen molar-refractivity contribution in [2.45, 2.75) is 31.9 Å². The van der Waals surface area contributed by atoms with E-state index in [1.54, 1.807) is 23.5 Å². The number of aromatic nitrogens is 2. The molecule has 3 aromatic rings. The van der Waals surface area contributed by atoms with E-state index in [-0.39, 0.29) is 17.0 Å². The summed E-state index contributed by atoms with van der Waals surface area (Å²) in [5.74, 6) is 0.184. The molecule has 34 heavy (non-hydrogen) atoms. The van der Waals surface area contributed by atoms with Gasteiger partial charge in [-0.2, -0.15) is 0 Å². The number of aliphatic hydroxyl groups is 1. The maximum absolute atomic E-state index is 13.5. The number of hydrogen-bond acceptors (Lipinski definition) is 7. The molecule has 2 N–H and O–H groups in total. The van der Waals surface area contributed by atoms with Crippen LogP contribution in [-0.4, -0.2) is 63.1 Å². The van der Waals surface area contributed by atoms with Gasteiger partial charge in [0.15, 0.2) is 0 Å². The molecule has 5 rings (SSSR count). The lowest BCUT2D eigenvalue weighted by molar-refractivity contribution is -0.126. The van der Waals surface area contributed by atoms with E-state index in [1.165, 1.54) is 18.5 Å². The van der Waals surface area contributed by atoms with Crippen LogP contribution in [0.1, 0.15) is 23.3 Å². The van der Waals surface area contributed by atoms with Crippen molar-refractivity contribution < 1.29 is 14.3 Å². The molecule has 10 heteroatoms. The Morgan fingerprint density at radius 1 is 1.29 bits per heavy atom. The Bertz CT molecular complexity index is 1240. The van der Waals surface area contributed by atoms with E-state index in [0.717, 1.165) is 53.1 Å². The van der Waals surface area contributed by atoms with Crippen LogP contribution in [0.15, 0.2) is 36.7 Å². The summed E-state index contributed by atoms with van der Waals surface area (Å²) in [5.41, 5.74) is 1.79. The maximum Gasteiger partial charge on any atom is 0.246 e. The van der Waals surface area contributed by atoms with Gasteiger partial charge in [-0.1, -0.05) is 17.7 Å². The van der Waals surface area contributed by atoms with E-state index >= 15 is 0 Å². The van der Waals surface area contributed by atoms with Gasteiger partial charge < -0.3 is 15.3 Å². The van der Waals surface area contributed by atoms with Crippen molar-refractivity contribution in [1.82, 2.24) is 19.8 Å². The molecule has 2 aliphatic heterocycles. The lowest BCUT2D eigenvalue weighted by atomic mass is 10.0. The van der Waals surface area contributed by atoms with E-state index in [2.05, 4.69) is 20.2 Å². The number of benzene rings is 1. The summed E-state index contributed by atoms with van der Waals surface area (Å²) in [5, 5.41) is 13.8. The van der Waals surface area contributed by atoms with Gasteiger partial charge in [-0.25, -0.2) is 14.4 Å². The number of carbonyl (C=O) groups is 1. The number of likely N-dealkylation sites (tertiary alicyclic amines) is 1. The van der Waals surface area contributed by atoms with Gasteiger partial charge in [0, 0.05) is 42.8 Å². The second-order valence-electron chi connectivity index (χ2n) is 8.60. The minimum atomic E-state index is -0.471. The van der Waals surface area contributed by atoms with Gasteiger partial charge in [0.2, 0.25) is 5.91 Å².